The zero-order chi connectivity index (χ0) is 10.1. The van der Waals surface area contributed by atoms with Gasteiger partial charge in [-0.1, -0.05) is 0 Å². The molecule has 0 atom stereocenters. The summed E-state index contributed by atoms with van der Waals surface area (Å²) in [7, 11) is 0. The van der Waals surface area contributed by atoms with E-state index in [1.807, 2.05) is 0 Å². The standard InChI is InChI=1S/C11H12FNO/c1-7-4-9(12)2-3-10(7)11(14)8-5-13-6-8/h2-4,8,13H,5-6H2,1H3. The maximum atomic E-state index is 12.8. The molecule has 0 aromatic heterocycles. The van der Waals surface area contributed by atoms with E-state index in [2.05, 4.69) is 5.32 Å². The normalized spacial score (nSPS) is 16.4. The van der Waals surface area contributed by atoms with Crippen molar-refractivity contribution >= 4 is 5.78 Å². The maximum absolute atomic E-state index is 12.8. The van der Waals surface area contributed by atoms with Crippen molar-refractivity contribution in [2.45, 2.75) is 6.92 Å². The molecule has 0 bridgehead atoms. The number of nitrogens with one attached hydrogen (secondary N) is 1. The lowest BCUT2D eigenvalue weighted by Gasteiger charge is -2.26. The smallest absolute Gasteiger partial charge is 0.168 e. The molecule has 0 saturated carbocycles. The van der Waals surface area contributed by atoms with Crippen LogP contribution in [0.15, 0.2) is 18.2 Å². The topological polar surface area (TPSA) is 29.1 Å². The predicted molar refractivity (Wildman–Crippen MR) is 51.8 cm³/mol. The number of benzene rings is 1. The Kier molecular flexibility index (Phi) is 2.33. The van der Waals surface area contributed by atoms with Gasteiger partial charge >= 0.3 is 0 Å². The first-order chi connectivity index (χ1) is 6.68. The fraction of sp³-hybridized carbons (Fsp3) is 0.364. The van der Waals surface area contributed by atoms with Crippen molar-refractivity contribution in [2.75, 3.05) is 13.1 Å². The molecular formula is C11H12FNO. The minimum Gasteiger partial charge on any atom is -0.315 e. The zero-order valence-corrected chi connectivity index (χ0v) is 8.01. The first-order valence-electron chi connectivity index (χ1n) is 4.69. The predicted octanol–water partition coefficient (Wildman–Crippen LogP) is 1.54. The van der Waals surface area contributed by atoms with Gasteiger partial charge in [0.15, 0.2) is 5.78 Å². The molecule has 2 rings (SSSR count). The van der Waals surface area contributed by atoms with Crippen LogP contribution in [0.2, 0.25) is 0 Å². The van der Waals surface area contributed by atoms with Crippen molar-refractivity contribution < 1.29 is 9.18 Å². The molecule has 0 radical (unpaired) electrons. The minimum absolute atomic E-state index is 0.0826. The quantitative estimate of drug-likeness (QED) is 0.722. The highest BCUT2D eigenvalue weighted by atomic mass is 19.1. The van der Waals surface area contributed by atoms with Crippen LogP contribution in [0.5, 0.6) is 0 Å². The molecule has 1 N–H and O–H groups in total. The van der Waals surface area contributed by atoms with Crippen LogP contribution in [0.3, 0.4) is 0 Å². The molecule has 1 aromatic rings. The van der Waals surface area contributed by atoms with Gasteiger partial charge in [-0.05, 0) is 30.7 Å². The summed E-state index contributed by atoms with van der Waals surface area (Å²) in [5.74, 6) is -0.0776. The van der Waals surface area contributed by atoms with Gasteiger partial charge in [0.25, 0.3) is 0 Å². The Bertz CT molecular complexity index is 372. The summed E-state index contributed by atoms with van der Waals surface area (Å²) in [5.41, 5.74) is 1.37. The van der Waals surface area contributed by atoms with E-state index < -0.39 is 0 Å². The third kappa shape index (κ3) is 1.55. The van der Waals surface area contributed by atoms with Gasteiger partial charge in [-0.2, -0.15) is 0 Å². The highest BCUT2D eigenvalue weighted by Crippen LogP contribution is 2.17. The Hall–Kier alpha value is -1.22. The second-order valence-electron chi connectivity index (χ2n) is 3.68. The van der Waals surface area contributed by atoms with E-state index in [1.54, 1.807) is 13.0 Å². The fourth-order valence-corrected chi connectivity index (χ4v) is 1.60. The molecule has 0 spiro atoms. The van der Waals surface area contributed by atoms with Crippen LogP contribution in [0.1, 0.15) is 15.9 Å². The highest BCUT2D eigenvalue weighted by molar-refractivity contribution is 5.99. The first-order valence-corrected chi connectivity index (χ1v) is 4.69. The van der Waals surface area contributed by atoms with Crippen LogP contribution in [0.4, 0.5) is 4.39 Å². The number of halogens is 1. The van der Waals surface area contributed by atoms with Crippen molar-refractivity contribution in [3.05, 3.63) is 35.1 Å². The van der Waals surface area contributed by atoms with Crippen molar-refractivity contribution in [3.63, 3.8) is 0 Å². The van der Waals surface area contributed by atoms with Crippen molar-refractivity contribution in [2.24, 2.45) is 5.92 Å². The van der Waals surface area contributed by atoms with Crippen molar-refractivity contribution in [1.82, 2.24) is 5.32 Å². The van der Waals surface area contributed by atoms with Crippen LogP contribution in [-0.4, -0.2) is 18.9 Å². The Morgan fingerprint density at radius 3 is 2.71 bits per heavy atom. The van der Waals surface area contributed by atoms with Gasteiger partial charge < -0.3 is 5.32 Å². The summed E-state index contributed by atoms with van der Waals surface area (Å²) in [5, 5.41) is 3.05. The molecule has 3 heteroatoms. The summed E-state index contributed by atoms with van der Waals surface area (Å²) < 4.78 is 12.8. The third-order valence-corrected chi connectivity index (χ3v) is 2.61. The molecule has 0 amide bonds. The maximum Gasteiger partial charge on any atom is 0.168 e. The molecule has 2 nitrogen and oxygen atoms in total. The van der Waals surface area contributed by atoms with E-state index in [1.165, 1.54) is 12.1 Å². The lowest BCUT2D eigenvalue weighted by atomic mass is 9.90. The molecule has 1 fully saturated rings. The largest absolute Gasteiger partial charge is 0.315 e. The molecular weight excluding hydrogens is 181 g/mol. The number of carbonyl (C=O) groups excluding carboxylic acids is 1. The van der Waals surface area contributed by atoms with E-state index in [4.69, 9.17) is 0 Å². The van der Waals surface area contributed by atoms with E-state index in [-0.39, 0.29) is 17.5 Å². The van der Waals surface area contributed by atoms with Gasteiger partial charge in [-0.3, -0.25) is 4.79 Å². The summed E-state index contributed by atoms with van der Waals surface area (Å²) in [6.45, 7) is 3.26. The van der Waals surface area contributed by atoms with E-state index in [0.29, 0.717) is 5.56 Å². The molecule has 1 aromatic carbocycles. The van der Waals surface area contributed by atoms with Gasteiger partial charge in [0, 0.05) is 24.6 Å². The number of carbonyl (C=O) groups is 1. The second-order valence-corrected chi connectivity index (χ2v) is 3.68. The minimum atomic E-state index is -0.286. The Morgan fingerprint density at radius 1 is 1.50 bits per heavy atom. The van der Waals surface area contributed by atoms with Crippen molar-refractivity contribution in [3.8, 4) is 0 Å². The van der Waals surface area contributed by atoms with Crippen LogP contribution < -0.4 is 5.32 Å². The number of ketones is 1. The fourth-order valence-electron chi connectivity index (χ4n) is 1.60. The zero-order valence-electron chi connectivity index (χ0n) is 8.01. The Morgan fingerprint density at radius 2 is 2.21 bits per heavy atom. The number of hydrogen-bond donors (Lipinski definition) is 1. The molecule has 0 unspecified atom stereocenters. The molecule has 1 aliphatic rings. The lowest BCUT2D eigenvalue weighted by Crippen LogP contribution is -2.46. The van der Waals surface area contributed by atoms with Gasteiger partial charge in [0.2, 0.25) is 0 Å². The van der Waals surface area contributed by atoms with Crippen LogP contribution in [0, 0.1) is 18.7 Å². The number of hydrogen-bond acceptors (Lipinski definition) is 2. The molecule has 1 saturated heterocycles. The van der Waals surface area contributed by atoms with Gasteiger partial charge in [-0.25, -0.2) is 4.39 Å². The monoisotopic (exact) mass is 193 g/mol. The van der Waals surface area contributed by atoms with Crippen LogP contribution in [0.25, 0.3) is 0 Å². The number of Topliss-reactive ketones (excluding diaryl/α,β-unsaturated/α-hetero) is 1. The lowest BCUT2D eigenvalue weighted by molar-refractivity contribution is 0.0877. The molecule has 1 heterocycles. The highest BCUT2D eigenvalue weighted by Gasteiger charge is 2.26. The Labute approximate surface area is 82.1 Å². The van der Waals surface area contributed by atoms with Crippen molar-refractivity contribution in [1.29, 1.82) is 0 Å². The summed E-state index contributed by atoms with van der Waals surface area (Å²) in [4.78, 5) is 11.8. The Balaban J connectivity index is 2.26. The molecule has 1 aliphatic heterocycles. The SMILES string of the molecule is Cc1cc(F)ccc1C(=O)C1CNC1. The third-order valence-electron chi connectivity index (χ3n) is 2.61. The number of rotatable bonds is 2. The van der Waals surface area contributed by atoms with Crippen LogP contribution >= 0.6 is 0 Å². The van der Waals surface area contributed by atoms with Gasteiger partial charge in [0.05, 0.1) is 0 Å². The summed E-state index contributed by atoms with van der Waals surface area (Å²) >= 11 is 0. The molecule has 14 heavy (non-hydrogen) atoms. The van der Waals surface area contributed by atoms with E-state index in [0.717, 1.165) is 18.7 Å². The van der Waals surface area contributed by atoms with E-state index in [9.17, 15) is 9.18 Å². The molecule has 0 aliphatic carbocycles. The average Bonchev–Trinajstić information content (AvgIpc) is 2.00. The molecule has 74 valence electrons. The second kappa shape index (κ2) is 3.50. The average molecular weight is 193 g/mol. The van der Waals surface area contributed by atoms with Gasteiger partial charge in [0.1, 0.15) is 5.82 Å². The van der Waals surface area contributed by atoms with E-state index >= 15 is 0 Å². The first kappa shape index (κ1) is 9.34. The summed E-state index contributed by atoms with van der Waals surface area (Å²) in [6.07, 6.45) is 0. The van der Waals surface area contributed by atoms with Crippen LogP contribution in [-0.2, 0) is 0 Å². The number of aryl methyl sites for hydroxylation is 1. The summed E-state index contributed by atoms with van der Waals surface area (Å²) in [6, 6.07) is 4.32. The van der Waals surface area contributed by atoms with Gasteiger partial charge in [-0.15, -0.1) is 0 Å².